The van der Waals surface area contributed by atoms with Gasteiger partial charge in [-0.05, 0) is 30.2 Å². The molecule has 1 unspecified atom stereocenters. The van der Waals surface area contributed by atoms with E-state index in [1.807, 2.05) is 0 Å². The maximum Gasteiger partial charge on any atom is 0.317 e. The van der Waals surface area contributed by atoms with Crippen LogP contribution in [0.25, 0.3) is 0 Å². The van der Waals surface area contributed by atoms with Gasteiger partial charge >= 0.3 is 6.03 Å². The van der Waals surface area contributed by atoms with E-state index in [2.05, 4.69) is 24.5 Å². The van der Waals surface area contributed by atoms with Crippen LogP contribution in [0.1, 0.15) is 30.6 Å². The normalized spacial score (nSPS) is 11.6. The van der Waals surface area contributed by atoms with Gasteiger partial charge in [0.15, 0.2) is 0 Å². The molecule has 0 aliphatic rings. The lowest BCUT2D eigenvalue weighted by molar-refractivity contribution is 0.0953. The second kappa shape index (κ2) is 9.02. The zero-order chi connectivity index (χ0) is 16.5. The maximum atomic E-state index is 12.8. The van der Waals surface area contributed by atoms with E-state index in [4.69, 9.17) is 0 Å². The summed E-state index contributed by atoms with van der Waals surface area (Å²) in [6.07, 6.45) is 1.02. The minimum atomic E-state index is -0.381. The Bertz CT molecular complexity index is 491. The SMILES string of the molecule is CCC(C)CN(C)C(=O)NCCNC(=O)c1ccc(F)cc1. The molecule has 0 radical (unpaired) electrons. The third-order valence-corrected chi connectivity index (χ3v) is 3.42. The molecule has 1 rings (SSSR count). The monoisotopic (exact) mass is 309 g/mol. The average molecular weight is 309 g/mol. The number of urea groups is 1. The predicted molar refractivity (Wildman–Crippen MR) is 84.2 cm³/mol. The summed E-state index contributed by atoms with van der Waals surface area (Å²) in [5.41, 5.74) is 0.390. The second-order valence-corrected chi connectivity index (χ2v) is 5.39. The van der Waals surface area contributed by atoms with Gasteiger partial charge in [0.25, 0.3) is 5.91 Å². The molecule has 2 N–H and O–H groups in total. The Morgan fingerprint density at radius 1 is 1.18 bits per heavy atom. The zero-order valence-corrected chi connectivity index (χ0v) is 13.4. The first-order chi connectivity index (χ1) is 10.4. The fraction of sp³-hybridized carbons (Fsp3) is 0.500. The molecule has 0 aliphatic carbocycles. The lowest BCUT2D eigenvalue weighted by Crippen LogP contribution is -2.42. The van der Waals surface area contributed by atoms with Crippen molar-refractivity contribution in [3.05, 3.63) is 35.6 Å². The highest BCUT2D eigenvalue weighted by Gasteiger charge is 2.11. The summed E-state index contributed by atoms with van der Waals surface area (Å²) in [6, 6.07) is 5.16. The fourth-order valence-electron chi connectivity index (χ4n) is 1.86. The van der Waals surface area contributed by atoms with Crippen LogP contribution in [0, 0.1) is 11.7 Å². The molecule has 0 heterocycles. The van der Waals surface area contributed by atoms with Gasteiger partial charge in [0.1, 0.15) is 5.82 Å². The third kappa shape index (κ3) is 6.11. The van der Waals surface area contributed by atoms with Crippen LogP contribution >= 0.6 is 0 Å². The van der Waals surface area contributed by atoms with Gasteiger partial charge in [-0.15, -0.1) is 0 Å². The van der Waals surface area contributed by atoms with Crippen molar-refractivity contribution in [2.45, 2.75) is 20.3 Å². The van der Waals surface area contributed by atoms with E-state index in [0.717, 1.165) is 6.42 Å². The first-order valence-corrected chi connectivity index (χ1v) is 7.46. The fourth-order valence-corrected chi connectivity index (χ4v) is 1.86. The van der Waals surface area contributed by atoms with Crippen molar-refractivity contribution < 1.29 is 14.0 Å². The largest absolute Gasteiger partial charge is 0.350 e. The Hall–Kier alpha value is -2.11. The van der Waals surface area contributed by atoms with Crippen LogP contribution < -0.4 is 10.6 Å². The molecule has 1 atom stereocenters. The highest BCUT2D eigenvalue weighted by molar-refractivity contribution is 5.94. The van der Waals surface area contributed by atoms with Gasteiger partial charge < -0.3 is 15.5 Å². The number of amides is 3. The van der Waals surface area contributed by atoms with Crippen molar-refractivity contribution in [1.29, 1.82) is 0 Å². The Morgan fingerprint density at radius 2 is 1.77 bits per heavy atom. The molecule has 0 saturated carbocycles. The summed E-state index contributed by atoms with van der Waals surface area (Å²) in [6.45, 7) is 5.54. The van der Waals surface area contributed by atoms with E-state index >= 15 is 0 Å². The highest BCUT2D eigenvalue weighted by atomic mass is 19.1. The van der Waals surface area contributed by atoms with Crippen LogP contribution in [0.2, 0.25) is 0 Å². The topological polar surface area (TPSA) is 61.4 Å². The van der Waals surface area contributed by atoms with Crippen molar-refractivity contribution in [3.63, 3.8) is 0 Å². The van der Waals surface area contributed by atoms with Gasteiger partial charge in [0.05, 0.1) is 0 Å². The van der Waals surface area contributed by atoms with Crippen molar-refractivity contribution >= 4 is 11.9 Å². The number of rotatable bonds is 7. The molecule has 1 aromatic rings. The second-order valence-electron chi connectivity index (χ2n) is 5.39. The molecule has 3 amide bonds. The zero-order valence-electron chi connectivity index (χ0n) is 13.4. The average Bonchev–Trinajstić information content (AvgIpc) is 2.51. The van der Waals surface area contributed by atoms with E-state index in [9.17, 15) is 14.0 Å². The molecule has 0 spiro atoms. The molecule has 0 bridgehead atoms. The number of nitrogens with one attached hydrogen (secondary N) is 2. The number of nitrogens with zero attached hydrogens (tertiary/aromatic N) is 1. The minimum absolute atomic E-state index is 0.156. The maximum absolute atomic E-state index is 12.8. The molecule has 0 fully saturated rings. The van der Waals surface area contributed by atoms with Gasteiger partial charge in [-0.2, -0.15) is 0 Å². The number of benzene rings is 1. The van der Waals surface area contributed by atoms with Gasteiger partial charge in [-0.25, -0.2) is 9.18 Å². The van der Waals surface area contributed by atoms with Crippen LogP contribution in [0.15, 0.2) is 24.3 Å². The third-order valence-electron chi connectivity index (χ3n) is 3.42. The minimum Gasteiger partial charge on any atom is -0.350 e. The van der Waals surface area contributed by atoms with E-state index in [1.54, 1.807) is 11.9 Å². The van der Waals surface area contributed by atoms with Crippen LogP contribution in [-0.4, -0.2) is 43.5 Å². The van der Waals surface area contributed by atoms with E-state index in [1.165, 1.54) is 24.3 Å². The summed E-state index contributed by atoms with van der Waals surface area (Å²) >= 11 is 0. The van der Waals surface area contributed by atoms with Crippen LogP contribution in [0.5, 0.6) is 0 Å². The van der Waals surface area contributed by atoms with Gasteiger partial charge in [-0.1, -0.05) is 20.3 Å². The summed E-state index contributed by atoms with van der Waals surface area (Å²) in [5, 5.41) is 5.41. The van der Waals surface area contributed by atoms with Gasteiger partial charge in [-0.3, -0.25) is 4.79 Å². The van der Waals surface area contributed by atoms with Gasteiger partial charge in [0.2, 0.25) is 0 Å². The van der Waals surface area contributed by atoms with Crippen molar-refractivity contribution in [2.75, 3.05) is 26.7 Å². The molecule has 5 nitrogen and oxygen atoms in total. The van der Waals surface area contributed by atoms with Crippen LogP contribution in [0.3, 0.4) is 0 Å². The number of carbonyl (C=O) groups is 2. The summed E-state index contributed by atoms with van der Waals surface area (Å²) < 4.78 is 12.8. The number of carbonyl (C=O) groups excluding carboxylic acids is 2. The van der Waals surface area contributed by atoms with E-state index < -0.39 is 0 Å². The van der Waals surface area contributed by atoms with E-state index in [0.29, 0.717) is 31.1 Å². The smallest absolute Gasteiger partial charge is 0.317 e. The van der Waals surface area contributed by atoms with Crippen molar-refractivity contribution in [1.82, 2.24) is 15.5 Å². The molecule has 0 aromatic heterocycles. The summed E-state index contributed by atoms with van der Waals surface area (Å²) in [7, 11) is 1.75. The molecule has 0 saturated heterocycles. The molecule has 22 heavy (non-hydrogen) atoms. The highest BCUT2D eigenvalue weighted by Crippen LogP contribution is 2.03. The number of hydrogen-bond acceptors (Lipinski definition) is 2. The Balaban J connectivity index is 2.25. The Labute approximate surface area is 130 Å². The molecular formula is C16H24FN3O2. The molecule has 6 heteroatoms. The lowest BCUT2D eigenvalue weighted by Gasteiger charge is -2.21. The Kier molecular flexibility index (Phi) is 7.36. The first-order valence-electron chi connectivity index (χ1n) is 7.46. The molecule has 1 aromatic carbocycles. The predicted octanol–water partition coefficient (Wildman–Crippen LogP) is 2.24. The van der Waals surface area contributed by atoms with Crippen molar-refractivity contribution in [3.8, 4) is 0 Å². The van der Waals surface area contributed by atoms with Gasteiger partial charge in [0, 0.05) is 32.2 Å². The van der Waals surface area contributed by atoms with Crippen molar-refractivity contribution in [2.24, 2.45) is 5.92 Å². The lowest BCUT2D eigenvalue weighted by atomic mass is 10.1. The molecule has 122 valence electrons. The van der Waals surface area contributed by atoms with Crippen LogP contribution in [0.4, 0.5) is 9.18 Å². The van der Waals surface area contributed by atoms with E-state index in [-0.39, 0.29) is 17.8 Å². The molecular weight excluding hydrogens is 285 g/mol. The number of halogens is 1. The number of hydrogen-bond donors (Lipinski definition) is 2. The quantitative estimate of drug-likeness (QED) is 0.759. The summed E-state index contributed by atoms with van der Waals surface area (Å²) in [4.78, 5) is 25.2. The first kappa shape index (κ1) is 17.9. The summed E-state index contributed by atoms with van der Waals surface area (Å²) in [5.74, 6) is -0.218. The standard InChI is InChI=1S/C16H24FN3O2/c1-4-12(2)11-20(3)16(22)19-10-9-18-15(21)13-5-7-14(17)8-6-13/h5-8,12H,4,9-11H2,1-3H3,(H,18,21)(H,19,22). The molecule has 0 aliphatic heterocycles. The van der Waals surface area contributed by atoms with Crippen LogP contribution in [-0.2, 0) is 0 Å². The Morgan fingerprint density at radius 3 is 2.36 bits per heavy atom.